The molecule has 0 unspecified atom stereocenters. The van der Waals surface area contributed by atoms with Crippen molar-refractivity contribution in [2.24, 2.45) is 0 Å². The van der Waals surface area contributed by atoms with Gasteiger partial charge >= 0.3 is 0 Å². The van der Waals surface area contributed by atoms with Crippen LogP contribution in [0.4, 0.5) is 0 Å². The largest absolute Gasteiger partial charge is 0.342 e. The van der Waals surface area contributed by atoms with E-state index in [1.54, 1.807) is 0 Å². The first-order valence-corrected chi connectivity index (χ1v) is 7.38. The zero-order chi connectivity index (χ0) is 13.4. The number of rotatable bonds is 7. The van der Waals surface area contributed by atoms with Gasteiger partial charge < -0.3 is 10.2 Å². The molecule has 0 aliphatic carbocycles. The van der Waals surface area contributed by atoms with E-state index in [2.05, 4.69) is 24.1 Å². The second-order valence-corrected chi connectivity index (χ2v) is 5.22. The number of piperidine rings is 1. The lowest BCUT2D eigenvalue weighted by Gasteiger charge is -2.33. The second-order valence-electron chi connectivity index (χ2n) is 5.22. The van der Waals surface area contributed by atoms with Gasteiger partial charge in [0.1, 0.15) is 0 Å². The van der Waals surface area contributed by atoms with Gasteiger partial charge in [0.2, 0.25) is 5.91 Å². The molecule has 1 aliphatic rings. The Morgan fingerprint density at radius 1 is 1.22 bits per heavy atom. The molecule has 18 heavy (non-hydrogen) atoms. The number of amides is 1. The number of hydrogen-bond acceptors (Lipinski definition) is 3. The fraction of sp³-hybridized carbons (Fsp3) is 0.929. The van der Waals surface area contributed by atoms with Gasteiger partial charge in [0.05, 0.1) is 6.54 Å². The molecule has 0 atom stereocenters. The predicted octanol–water partition coefficient (Wildman–Crippen LogP) is 1.32. The summed E-state index contributed by atoms with van der Waals surface area (Å²) in [5.74, 6) is 0.307. The van der Waals surface area contributed by atoms with E-state index in [9.17, 15) is 4.79 Å². The van der Waals surface area contributed by atoms with E-state index in [1.807, 2.05) is 11.9 Å². The Balaban J connectivity index is 2.34. The minimum absolute atomic E-state index is 0.307. The molecule has 1 amide bonds. The molecule has 0 spiro atoms. The highest BCUT2D eigenvalue weighted by atomic mass is 16.2. The topological polar surface area (TPSA) is 35.6 Å². The van der Waals surface area contributed by atoms with Crippen molar-refractivity contribution in [2.45, 2.75) is 45.6 Å². The van der Waals surface area contributed by atoms with Crippen LogP contribution in [0.15, 0.2) is 0 Å². The molecule has 1 fully saturated rings. The maximum atomic E-state index is 12.2. The molecule has 0 aromatic carbocycles. The van der Waals surface area contributed by atoms with Gasteiger partial charge in [0.25, 0.3) is 0 Å². The van der Waals surface area contributed by atoms with Gasteiger partial charge in [-0.1, -0.05) is 13.8 Å². The Labute approximate surface area is 112 Å². The van der Waals surface area contributed by atoms with E-state index in [4.69, 9.17) is 0 Å². The van der Waals surface area contributed by atoms with E-state index >= 15 is 0 Å². The van der Waals surface area contributed by atoms with E-state index in [-0.39, 0.29) is 0 Å². The molecule has 0 aromatic rings. The van der Waals surface area contributed by atoms with E-state index in [1.165, 1.54) is 0 Å². The van der Waals surface area contributed by atoms with Crippen molar-refractivity contribution in [2.75, 3.05) is 39.8 Å². The quantitative estimate of drug-likeness (QED) is 0.745. The zero-order valence-corrected chi connectivity index (χ0v) is 12.2. The molecule has 1 saturated heterocycles. The molecule has 4 nitrogen and oxygen atoms in total. The van der Waals surface area contributed by atoms with Crippen LogP contribution < -0.4 is 5.32 Å². The SMILES string of the molecule is CCCN(CCC)C(=O)CN1CCC(NC)CC1. The van der Waals surface area contributed by atoms with Gasteiger partial charge in [-0.15, -0.1) is 0 Å². The van der Waals surface area contributed by atoms with Gasteiger partial charge in [-0.2, -0.15) is 0 Å². The van der Waals surface area contributed by atoms with E-state index < -0.39 is 0 Å². The van der Waals surface area contributed by atoms with Crippen molar-refractivity contribution in [3.63, 3.8) is 0 Å². The fourth-order valence-electron chi connectivity index (χ4n) is 2.57. The summed E-state index contributed by atoms with van der Waals surface area (Å²) >= 11 is 0. The monoisotopic (exact) mass is 255 g/mol. The molecule has 1 rings (SSSR count). The highest BCUT2D eigenvalue weighted by Crippen LogP contribution is 2.10. The minimum atomic E-state index is 0.307. The second kappa shape index (κ2) is 8.48. The summed E-state index contributed by atoms with van der Waals surface area (Å²) in [4.78, 5) is 16.5. The summed E-state index contributed by atoms with van der Waals surface area (Å²) in [6.45, 7) is 8.77. The van der Waals surface area contributed by atoms with Crippen LogP contribution in [-0.4, -0.2) is 61.5 Å². The summed E-state index contributed by atoms with van der Waals surface area (Å²) in [5.41, 5.74) is 0. The van der Waals surface area contributed by atoms with E-state index in [0.29, 0.717) is 18.5 Å². The van der Waals surface area contributed by atoms with Crippen LogP contribution >= 0.6 is 0 Å². The van der Waals surface area contributed by atoms with Gasteiger partial charge in [-0.05, 0) is 32.7 Å². The summed E-state index contributed by atoms with van der Waals surface area (Å²) < 4.78 is 0. The molecule has 0 radical (unpaired) electrons. The Hall–Kier alpha value is -0.610. The van der Waals surface area contributed by atoms with Crippen molar-refractivity contribution in [3.05, 3.63) is 0 Å². The maximum Gasteiger partial charge on any atom is 0.236 e. The molecular formula is C14H29N3O. The van der Waals surface area contributed by atoms with Crippen molar-refractivity contribution < 1.29 is 4.79 Å². The molecular weight excluding hydrogens is 226 g/mol. The number of hydrogen-bond donors (Lipinski definition) is 1. The van der Waals surface area contributed by atoms with Crippen LogP contribution in [0.25, 0.3) is 0 Å². The third-order valence-electron chi connectivity index (χ3n) is 3.69. The standard InChI is InChI=1S/C14H29N3O/c1-4-8-17(9-5-2)14(18)12-16-10-6-13(15-3)7-11-16/h13,15H,4-12H2,1-3H3. The van der Waals surface area contributed by atoms with Crippen molar-refractivity contribution >= 4 is 5.91 Å². The summed E-state index contributed by atoms with van der Waals surface area (Å²) in [6, 6.07) is 0.638. The summed E-state index contributed by atoms with van der Waals surface area (Å²) in [7, 11) is 2.02. The molecule has 106 valence electrons. The lowest BCUT2D eigenvalue weighted by Crippen LogP contribution is -2.46. The van der Waals surface area contributed by atoms with Gasteiger partial charge in [-0.3, -0.25) is 9.69 Å². The third-order valence-corrected chi connectivity index (χ3v) is 3.69. The molecule has 0 aromatic heterocycles. The first-order valence-electron chi connectivity index (χ1n) is 7.38. The lowest BCUT2D eigenvalue weighted by atomic mass is 10.1. The molecule has 0 bridgehead atoms. The van der Waals surface area contributed by atoms with Crippen molar-refractivity contribution in [3.8, 4) is 0 Å². The highest BCUT2D eigenvalue weighted by Gasteiger charge is 2.21. The van der Waals surface area contributed by atoms with Gasteiger partial charge in [-0.25, -0.2) is 0 Å². The molecule has 1 heterocycles. The Morgan fingerprint density at radius 2 is 1.78 bits per heavy atom. The van der Waals surface area contributed by atoms with Crippen LogP contribution in [-0.2, 0) is 4.79 Å². The smallest absolute Gasteiger partial charge is 0.236 e. The maximum absolute atomic E-state index is 12.2. The lowest BCUT2D eigenvalue weighted by molar-refractivity contribution is -0.132. The van der Waals surface area contributed by atoms with Crippen molar-refractivity contribution in [1.82, 2.24) is 15.1 Å². The van der Waals surface area contributed by atoms with Gasteiger partial charge in [0, 0.05) is 32.2 Å². The molecule has 1 aliphatic heterocycles. The third kappa shape index (κ3) is 4.94. The van der Waals surface area contributed by atoms with Gasteiger partial charge in [0.15, 0.2) is 0 Å². The average Bonchev–Trinajstić information content (AvgIpc) is 2.39. The predicted molar refractivity (Wildman–Crippen MR) is 75.7 cm³/mol. The van der Waals surface area contributed by atoms with Crippen LogP contribution in [0.2, 0.25) is 0 Å². The average molecular weight is 255 g/mol. The molecule has 4 heteroatoms. The zero-order valence-electron chi connectivity index (χ0n) is 12.2. The number of carbonyl (C=O) groups excluding carboxylic acids is 1. The molecule has 0 saturated carbocycles. The number of nitrogens with zero attached hydrogens (tertiary/aromatic N) is 2. The number of carbonyl (C=O) groups is 1. The fourth-order valence-corrected chi connectivity index (χ4v) is 2.57. The summed E-state index contributed by atoms with van der Waals surface area (Å²) in [6.07, 6.45) is 4.41. The van der Waals surface area contributed by atoms with Crippen LogP contribution in [0.3, 0.4) is 0 Å². The number of likely N-dealkylation sites (tertiary alicyclic amines) is 1. The minimum Gasteiger partial charge on any atom is -0.342 e. The Morgan fingerprint density at radius 3 is 2.22 bits per heavy atom. The Kier molecular flexibility index (Phi) is 7.28. The first kappa shape index (κ1) is 15.4. The van der Waals surface area contributed by atoms with Crippen LogP contribution in [0.5, 0.6) is 0 Å². The molecule has 1 N–H and O–H groups in total. The highest BCUT2D eigenvalue weighted by molar-refractivity contribution is 5.78. The van der Waals surface area contributed by atoms with Crippen molar-refractivity contribution in [1.29, 1.82) is 0 Å². The van der Waals surface area contributed by atoms with Crippen LogP contribution in [0, 0.1) is 0 Å². The van der Waals surface area contributed by atoms with Crippen LogP contribution in [0.1, 0.15) is 39.5 Å². The van der Waals surface area contributed by atoms with E-state index in [0.717, 1.165) is 51.9 Å². The first-order chi connectivity index (χ1) is 8.71. The number of nitrogens with one attached hydrogen (secondary N) is 1. The Bertz CT molecular complexity index is 231. The normalized spacial score (nSPS) is 17.9. The summed E-state index contributed by atoms with van der Waals surface area (Å²) in [5, 5.41) is 3.32.